The Morgan fingerprint density at radius 1 is 0.622 bits per heavy atom. The van der Waals surface area contributed by atoms with Gasteiger partial charge in [0.15, 0.2) is 0 Å². The lowest BCUT2D eigenvalue weighted by molar-refractivity contribution is 0.222. The molecule has 0 heterocycles. The van der Waals surface area contributed by atoms with Gasteiger partial charge >= 0.3 is 0 Å². The highest BCUT2D eigenvalue weighted by Gasteiger charge is 2.25. The quantitative estimate of drug-likeness (QED) is 0.190. The first-order valence-corrected chi connectivity index (χ1v) is 15.7. The van der Waals surface area contributed by atoms with E-state index in [1.807, 2.05) is 12.1 Å². The molecule has 0 saturated heterocycles. The zero-order chi connectivity index (χ0) is 26.0. The SMILES string of the molecule is CCCCCCCCC1CCC(CCC2CCC(c3ccc(-c4cc(F)c(Cl)c(F)c4)cc3)CC2)CC1. The zero-order valence-corrected chi connectivity index (χ0v) is 23.7. The number of benzene rings is 2. The Morgan fingerprint density at radius 3 is 1.68 bits per heavy atom. The molecule has 0 bridgehead atoms. The monoisotopic (exact) mass is 528 g/mol. The van der Waals surface area contributed by atoms with Crippen LogP contribution in [-0.2, 0) is 0 Å². The molecule has 204 valence electrons. The molecule has 0 spiro atoms. The summed E-state index contributed by atoms with van der Waals surface area (Å²) >= 11 is 5.63. The van der Waals surface area contributed by atoms with Crippen molar-refractivity contribution in [1.82, 2.24) is 0 Å². The van der Waals surface area contributed by atoms with Gasteiger partial charge in [0.2, 0.25) is 0 Å². The maximum atomic E-state index is 13.8. The Hall–Kier alpha value is -1.41. The first-order valence-electron chi connectivity index (χ1n) is 15.3. The van der Waals surface area contributed by atoms with Crippen molar-refractivity contribution in [1.29, 1.82) is 0 Å². The molecule has 2 saturated carbocycles. The van der Waals surface area contributed by atoms with Gasteiger partial charge in [0.1, 0.15) is 16.7 Å². The van der Waals surface area contributed by atoms with Crippen LogP contribution in [0.15, 0.2) is 36.4 Å². The number of rotatable bonds is 12. The first-order chi connectivity index (χ1) is 18.0. The van der Waals surface area contributed by atoms with Crippen LogP contribution in [0.1, 0.15) is 128 Å². The standard InChI is InChI=1S/C34H47ClF2/c1-2-3-4-5-6-7-8-25-9-11-26(12-10-25)13-14-27-15-17-28(18-16-27)29-19-21-30(22-20-29)31-23-32(36)34(35)33(37)24-31/h19-28H,2-18H2,1H3. The van der Waals surface area contributed by atoms with E-state index in [2.05, 4.69) is 19.1 Å². The van der Waals surface area contributed by atoms with Gasteiger partial charge in [-0.05, 0) is 78.2 Å². The van der Waals surface area contributed by atoms with Crippen LogP contribution in [0.5, 0.6) is 0 Å². The minimum Gasteiger partial charge on any atom is -0.205 e. The summed E-state index contributed by atoms with van der Waals surface area (Å²) in [6.45, 7) is 2.30. The van der Waals surface area contributed by atoms with Crippen molar-refractivity contribution in [2.24, 2.45) is 17.8 Å². The Kier molecular flexibility index (Phi) is 11.3. The molecule has 2 aliphatic carbocycles. The molecule has 2 aromatic carbocycles. The van der Waals surface area contributed by atoms with E-state index in [1.54, 1.807) is 0 Å². The number of halogens is 3. The summed E-state index contributed by atoms with van der Waals surface area (Å²) in [5.74, 6) is 2.09. The van der Waals surface area contributed by atoms with Crippen LogP contribution < -0.4 is 0 Å². The van der Waals surface area contributed by atoms with Crippen molar-refractivity contribution in [3.8, 4) is 11.1 Å². The average Bonchev–Trinajstić information content (AvgIpc) is 2.93. The van der Waals surface area contributed by atoms with E-state index in [4.69, 9.17) is 11.6 Å². The Bertz CT molecular complexity index is 914. The molecular formula is C34H47ClF2. The summed E-state index contributed by atoms with van der Waals surface area (Å²) < 4.78 is 27.7. The summed E-state index contributed by atoms with van der Waals surface area (Å²) in [5, 5.41) is -0.437. The summed E-state index contributed by atoms with van der Waals surface area (Å²) in [6.07, 6.45) is 24.0. The van der Waals surface area contributed by atoms with Crippen LogP contribution in [0, 0.1) is 29.4 Å². The molecule has 2 aliphatic rings. The van der Waals surface area contributed by atoms with Crippen molar-refractivity contribution < 1.29 is 8.78 Å². The lowest BCUT2D eigenvalue weighted by Crippen LogP contribution is -2.17. The van der Waals surface area contributed by atoms with Crippen LogP contribution in [0.2, 0.25) is 5.02 Å². The van der Waals surface area contributed by atoms with E-state index >= 15 is 0 Å². The lowest BCUT2D eigenvalue weighted by Gasteiger charge is -2.32. The molecule has 0 N–H and O–H groups in total. The van der Waals surface area contributed by atoms with E-state index in [9.17, 15) is 8.78 Å². The van der Waals surface area contributed by atoms with Crippen LogP contribution in [0.4, 0.5) is 8.78 Å². The predicted octanol–water partition coefficient (Wildman–Crippen LogP) is 11.9. The van der Waals surface area contributed by atoms with Gasteiger partial charge in [0.05, 0.1) is 0 Å². The molecule has 0 radical (unpaired) electrons. The second kappa shape index (κ2) is 14.7. The fraction of sp³-hybridized carbons (Fsp3) is 0.647. The van der Waals surface area contributed by atoms with E-state index in [1.165, 1.54) is 127 Å². The van der Waals surface area contributed by atoms with Gasteiger partial charge in [-0.2, -0.15) is 0 Å². The summed E-state index contributed by atoms with van der Waals surface area (Å²) in [6, 6.07) is 10.9. The van der Waals surface area contributed by atoms with Crippen molar-refractivity contribution in [3.63, 3.8) is 0 Å². The van der Waals surface area contributed by atoms with Crippen LogP contribution in [-0.4, -0.2) is 0 Å². The molecule has 0 unspecified atom stereocenters. The molecule has 3 heteroatoms. The molecule has 0 aromatic heterocycles. The van der Waals surface area contributed by atoms with Crippen molar-refractivity contribution in [3.05, 3.63) is 58.6 Å². The third-order valence-electron chi connectivity index (χ3n) is 9.46. The molecule has 0 amide bonds. The highest BCUT2D eigenvalue weighted by molar-refractivity contribution is 6.31. The molecule has 2 fully saturated rings. The van der Waals surface area contributed by atoms with Crippen LogP contribution in [0.25, 0.3) is 11.1 Å². The number of unbranched alkanes of at least 4 members (excludes halogenated alkanes) is 5. The van der Waals surface area contributed by atoms with Crippen molar-refractivity contribution >= 4 is 11.6 Å². The molecule has 0 aliphatic heterocycles. The normalized spacial score (nSPS) is 24.3. The van der Waals surface area contributed by atoms with Gasteiger partial charge in [0, 0.05) is 0 Å². The van der Waals surface area contributed by atoms with Gasteiger partial charge in [0.25, 0.3) is 0 Å². The minimum absolute atomic E-state index is 0.437. The molecule has 4 rings (SSSR count). The number of hydrogen-bond acceptors (Lipinski definition) is 0. The van der Waals surface area contributed by atoms with E-state index in [0.29, 0.717) is 11.5 Å². The largest absolute Gasteiger partial charge is 0.205 e. The maximum absolute atomic E-state index is 13.8. The first kappa shape index (κ1) is 28.6. The topological polar surface area (TPSA) is 0 Å². The van der Waals surface area contributed by atoms with Gasteiger partial charge in [-0.3, -0.25) is 0 Å². The molecule has 37 heavy (non-hydrogen) atoms. The summed E-state index contributed by atoms with van der Waals surface area (Å²) in [4.78, 5) is 0. The lowest BCUT2D eigenvalue weighted by atomic mass is 9.74. The molecular weight excluding hydrogens is 482 g/mol. The fourth-order valence-corrected chi connectivity index (χ4v) is 7.06. The maximum Gasteiger partial charge on any atom is 0.145 e. The van der Waals surface area contributed by atoms with Crippen LogP contribution >= 0.6 is 11.6 Å². The third kappa shape index (κ3) is 8.54. The highest BCUT2D eigenvalue weighted by Crippen LogP contribution is 2.41. The average molecular weight is 529 g/mol. The van der Waals surface area contributed by atoms with Gasteiger partial charge < -0.3 is 0 Å². The van der Waals surface area contributed by atoms with Gasteiger partial charge in [-0.1, -0.05) is 126 Å². The molecule has 0 nitrogen and oxygen atoms in total. The summed E-state index contributed by atoms with van der Waals surface area (Å²) in [7, 11) is 0. The minimum atomic E-state index is -0.708. The van der Waals surface area contributed by atoms with Crippen molar-refractivity contribution in [2.75, 3.05) is 0 Å². The highest BCUT2D eigenvalue weighted by atomic mass is 35.5. The van der Waals surface area contributed by atoms with E-state index in [0.717, 1.165) is 23.3 Å². The second-order valence-electron chi connectivity index (χ2n) is 12.1. The number of hydrogen-bond donors (Lipinski definition) is 0. The summed E-state index contributed by atoms with van der Waals surface area (Å²) in [5.41, 5.74) is 2.72. The molecule has 0 atom stereocenters. The Labute approximate surface area is 229 Å². The van der Waals surface area contributed by atoms with Gasteiger partial charge in [-0.25, -0.2) is 8.78 Å². The van der Waals surface area contributed by atoms with Crippen LogP contribution in [0.3, 0.4) is 0 Å². The van der Waals surface area contributed by atoms with Gasteiger partial charge in [-0.15, -0.1) is 0 Å². The zero-order valence-electron chi connectivity index (χ0n) is 22.9. The van der Waals surface area contributed by atoms with E-state index in [-0.39, 0.29) is 0 Å². The Morgan fingerprint density at radius 2 is 1.11 bits per heavy atom. The van der Waals surface area contributed by atoms with E-state index < -0.39 is 16.7 Å². The van der Waals surface area contributed by atoms with Crippen molar-refractivity contribution in [2.45, 2.75) is 122 Å². The third-order valence-corrected chi connectivity index (χ3v) is 9.82. The second-order valence-corrected chi connectivity index (χ2v) is 12.5. The smallest absolute Gasteiger partial charge is 0.145 e. The predicted molar refractivity (Wildman–Crippen MR) is 154 cm³/mol. The molecule has 2 aromatic rings. The Balaban J connectivity index is 1.13. The fourth-order valence-electron chi connectivity index (χ4n) is 6.95.